The topological polar surface area (TPSA) is 224 Å². The highest BCUT2D eigenvalue weighted by atomic mass is 79.9. The number of hydrogen-bond acceptors (Lipinski definition) is 13. The summed E-state index contributed by atoms with van der Waals surface area (Å²) >= 11 is 12.5. The monoisotopic (exact) mass is 849 g/mol. The highest BCUT2D eigenvalue weighted by molar-refractivity contribution is 9.11. The lowest BCUT2D eigenvalue weighted by Gasteiger charge is -2.08. The molecule has 10 N–H and O–H groups in total. The fraction of sp³-hybridized carbons (Fsp3) is 0.0606. The summed E-state index contributed by atoms with van der Waals surface area (Å²) < 4.78 is 0.706. The van der Waals surface area contributed by atoms with Crippen molar-refractivity contribution >= 4 is 87.0 Å². The zero-order valence-corrected chi connectivity index (χ0v) is 28.9. The number of thiocarbonyl (C=S) groups is 1. The Morgan fingerprint density at radius 3 is 1.78 bits per heavy atom. The lowest BCUT2D eigenvalue weighted by atomic mass is 10.1. The van der Waals surface area contributed by atoms with E-state index in [4.69, 9.17) is 12.2 Å². The van der Waals surface area contributed by atoms with E-state index in [1.165, 1.54) is 36.5 Å². The maximum absolute atomic E-state index is 11.6. The van der Waals surface area contributed by atoms with Crippen LogP contribution in [0.1, 0.15) is 29.1 Å². The van der Waals surface area contributed by atoms with Gasteiger partial charge in [-0.1, -0.05) is 40.2 Å². The maximum Gasteiger partial charge on any atom is 0.263 e. The summed E-state index contributed by atoms with van der Waals surface area (Å²) in [5.41, 5.74) is 1.40. The molecule has 12 nitrogen and oxygen atoms in total. The lowest BCUT2D eigenvalue weighted by molar-refractivity contribution is 0.367. The molecule has 3 aromatic rings. The van der Waals surface area contributed by atoms with Gasteiger partial charge in [-0.2, -0.15) is 0 Å². The molecular weight excluding hydrogens is 819 g/mol. The van der Waals surface area contributed by atoms with Gasteiger partial charge in [0.05, 0.1) is 18.8 Å². The Balaban J connectivity index is 0.000000333. The third-order valence-corrected chi connectivity index (χ3v) is 8.90. The first kappa shape index (κ1) is 41.2. The number of hydrogen-bond donors (Lipinski definition) is 10. The van der Waals surface area contributed by atoms with Crippen LogP contribution in [0.15, 0.2) is 68.5 Å². The van der Waals surface area contributed by atoms with E-state index in [-0.39, 0.29) is 45.4 Å². The third-order valence-electron chi connectivity index (χ3n) is 6.33. The van der Waals surface area contributed by atoms with Crippen LogP contribution in [0.3, 0.4) is 0 Å². The van der Waals surface area contributed by atoms with Crippen LogP contribution >= 0.6 is 55.4 Å². The average molecular weight is 851 g/mol. The molecule has 0 atom stereocenters. The molecular formula is C33H32BBr2N2O10S2-. The van der Waals surface area contributed by atoms with Gasteiger partial charge in [0.15, 0.2) is 51.7 Å². The summed E-state index contributed by atoms with van der Waals surface area (Å²) in [6.07, 6.45) is 7.97. The van der Waals surface area contributed by atoms with Gasteiger partial charge >= 0.3 is 0 Å². The summed E-state index contributed by atoms with van der Waals surface area (Å²) in [4.78, 5) is 16.5. The molecule has 0 spiro atoms. The Morgan fingerprint density at radius 1 is 0.720 bits per heavy atom. The average Bonchev–Trinajstić information content (AvgIpc) is 3.04. The third kappa shape index (κ3) is 10.0. The first-order chi connectivity index (χ1) is 22.6. The summed E-state index contributed by atoms with van der Waals surface area (Å²) in [6, 6.07) is 9.87. The highest BCUT2D eigenvalue weighted by Crippen LogP contribution is 2.38. The molecule has 2 aliphatic rings. The molecule has 1 heterocycles. The lowest BCUT2D eigenvalue weighted by Crippen LogP contribution is -2.18. The number of nitrogens with one attached hydrogen (secondary N) is 1. The molecule has 0 saturated carbocycles. The van der Waals surface area contributed by atoms with E-state index in [2.05, 4.69) is 42.2 Å². The molecule has 17 heteroatoms. The SMILES string of the molecule is C.O=c1c(O)cc2cnc(/C=C/c3cc(O)c(O)c(Br)c3)sc-2c1O.Oc1cc(CNC(=S)/C=C/c2cc(O)c(O)c(Br)c2)cc(O)c1O.[BH4-]. The normalized spacial score (nSPS) is 10.7. The van der Waals surface area contributed by atoms with Crippen LogP contribution in [0.25, 0.3) is 28.7 Å². The Bertz CT molecular complexity index is 2060. The fourth-order valence-electron chi connectivity index (χ4n) is 3.94. The Labute approximate surface area is 313 Å². The number of phenols is 9. The zero-order chi connectivity index (χ0) is 35.3. The minimum absolute atomic E-state index is 0. The summed E-state index contributed by atoms with van der Waals surface area (Å²) in [6.45, 7) is 0.231. The van der Waals surface area contributed by atoms with Gasteiger partial charge in [0.1, 0.15) is 5.01 Å². The van der Waals surface area contributed by atoms with E-state index >= 15 is 0 Å². The molecule has 0 bridgehead atoms. The van der Waals surface area contributed by atoms with Crippen molar-refractivity contribution < 1.29 is 46.0 Å². The molecule has 264 valence electrons. The van der Waals surface area contributed by atoms with E-state index in [1.54, 1.807) is 36.4 Å². The van der Waals surface area contributed by atoms with Gasteiger partial charge in [-0.3, -0.25) is 4.79 Å². The standard InChI is InChI=1S/C16H10BrNO5S.C16H14BrNO5S.CH4.BH4/c17-9-3-7(4-10(19)13(9)21)1-2-12-18-6-8-5-11(20)14(22)15(23)16(8)24-12;17-10-3-8(4-11(19)15(10)22)1-2-14(24)18-7-9-5-12(20)16(23)13(21)6-9;;/h1-6,19-21,23H;1-6,19-23H,7H2,(H,18,24);2*1H4/q;;;-1/b2*2-1+;;. The van der Waals surface area contributed by atoms with Gasteiger partial charge in [0.25, 0.3) is 5.43 Å². The first-order valence-corrected chi connectivity index (χ1v) is 16.1. The number of fused-ring (bicyclic) bond motifs is 1. The van der Waals surface area contributed by atoms with E-state index in [9.17, 15) is 50.8 Å². The van der Waals surface area contributed by atoms with Crippen LogP contribution < -0.4 is 10.7 Å². The number of aromatic hydroxyl groups is 9. The Morgan fingerprint density at radius 2 is 1.24 bits per heavy atom. The first-order valence-electron chi connectivity index (χ1n) is 13.3. The number of benzene rings is 4. The second kappa shape index (κ2) is 17.6. The van der Waals surface area contributed by atoms with Crippen LogP contribution in [-0.2, 0) is 6.54 Å². The maximum atomic E-state index is 11.6. The molecule has 1 aliphatic heterocycles. The van der Waals surface area contributed by atoms with Gasteiger partial charge in [0.2, 0.25) is 0 Å². The van der Waals surface area contributed by atoms with Crippen LogP contribution in [0.5, 0.6) is 51.7 Å². The van der Waals surface area contributed by atoms with Crippen LogP contribution in [-0.4, -0.2) is 64.3 Å². The van der Waals surface area contributed by atoms with Crippen LogP contribution in [0.4, 0.5) is 0 Å². The van der Waals surface area contributed by atoms with E-state index < -0.39 is 34.2 Å². The van der Waals surface area contributed by atoms with Crippen LogP contribution in [0, 0.1) is 0 Å². The Kier molecular flexibility index (Phi) is 14.5. The predicted molar refractivity (Wildman–Crippen MR) is 210 cm³/mol. The van der Waals surface area contributed by atoms with Gasteiger partial charge < -0.3 is 51.3 Å². The predicted octanol–water partition coefficient (Wildman–Crippen LogP) is 5.66. The van der Waals surface area contributed by atoms with Crippen molar-refractivity contribution in [1.29, 1.82) is 0 Å². The van der Waals surface area contributed by atoms with Gasteiger partial charge in [-0.15, -0.1) is 11.3 Å². The molecule has 0 radical (unpaired) electrons. The minimum Gasteiger partial charge on any atom is -0.504 e. The molecule has 50 heavy (non-hydrogen) atoms. The van der Waals surface area contributed by atoms with E-state index in [0.717, 1.165) is 11.3 Å². The van der Waals surface area contributed by atoms with Crippen LogP contribution in [0.2, 0.25) is 0 Å². The van der Waals surface area contributed by atoms with E-state index in [0.29, 0.717) is 46.1 Å². The summed E-state index contributed by atoms with van der Waals surface area (Å²) in [7, 11) is 0. The number of nitrogens with zero attached hydrogens (tertiary/aromatic N) is 1. The van der Waals surface area contributed by atoms with Crippen molar-refractivity contribution in [2.24, 2.45) is 0 Å². The molecule has 0 fully saturated rings. The largest absolute Gasteiger partial charge is 0.504 e. The second-order valence-corrected chi connectivity index (χ2v) is 13.0. The van der Waals surface area contributed by atoms with Gasteiger partial charge in [-0.25, -0.2) is 4.98 Å². The second-order valence-electron chi connectivity index (χ2n) is 9.80. The van der Waals surface area contributed by atoms with E-state index in [1.807, 2.05) is 0 Å². The van der Waals surface area contributed by atoms with Gasteiger partial charge in [-0.05, 0) is 103 Å². The number of halogens is 2. The van der Waals surface area contributed by atoms with Crippen molar-refractivity contribution in [3.63, 3.8) is 0 Å². The number of phenolic OH excluding ortho intramolecular Hbond substituents is 9. The van der Waals surface area contributed by atoms with Crippen molar-refractivity contribution in [2.75, 3.05) is 0 Å². The van der Waals surface area contributed by atoms with Crippen molar-refractivity contribution in [2.45, 2.75) is 14.0 Å². The zero-order valence-electron chi connectivity index (χ0n) is 24.1. The molecule has 0 unspecified atom stereocenters. The molecule has 1 aliphatic carbocycles. The molecule has 0 saturated heterocycles. The molecule has 3 aromatic carbocycles. The molecule has 5 rings (SSSR count). The smallest absolute Gasteiger partial charge is 0.263 e. The quantitative estimate of drug-likeness (QED) is 0.0432. The number of rotatable bonds is 6. The van der Waals surface area contributed by atoms with Crippen molar-refractivity contribution in [3.05, 3.63) is 95.6 Å². The Hall–Kier alpha value is -4.97. The van der Waals surface area contributed by atoms with Crippen molar-refractivity contribution in [3.8, 4) is 62.2 Å². The minimum atomic E-state index is -0.827. The molecule has 0 amide bonds. The number of aromatic nitrogens is 1. The highest BCUT2D eigenvalue weighted by Gasteiger charge is 2.16. The summed E-state index contributed by atoms with van der Waals surface area (Å²) in [5.74, 6) is -3.44. The van der Waals surface area contributed by atoms with Gasteiger partial charge in [0, 0.05) is 18.3 Å². The van der Waals surface area contributed by atoms with Crippen molar-refractivity contribution in [1.82, 2.24) is 10.3 Å². The summed E-state index contributed by atoms with van der Waals surface area (Å²) in [5, 5.41) is 89.0. The molecule has 0 aromatic heterocycles. The fourth-order valence-corrected chi connectivity index (χ4v) is 5.88.